The monoisotopic (exact) mass is 348 g/mol. The molecule has 0 unspecified atom stereocenters. The SMILES string of the molecule is COc1ccc(C)c2sc(=NC(=O)c3c(F)cccc3F)n(C)c12. The number of benzene rings is 2. The zero-order valence-electron chi connectivity index (χ0n) is 13.3. The molecular formula is C17H14F2N2O2S. The smallest absolute Gasteiger partial charge is 0.285 e. The molecule has 124 valence electrons. The van der Waals surface area contributed by atoms with Crippen LogP contribution in [0.1, 0.15) is 15.9 Å². The summed E-state index contributed by atoms with van der Waals surface area (Å²) in [4.78, 5) is 16.5. The van der Waals surface area contributed by atoms with E-state index in [2.05, 4.69) is 4.99 Å². The van der Waals surface area contributed by atoms with Crippen LogP contribution in [0.3, 0.4) is 0 Å². The van der Waals surface area contributed by atoms with Gasteiger partial charge >= 0.3 is 0 Å². The number of thiazole rings is 1. The second kappa shape index (κ2) is 6.16. The summed E-state index contributed by atoms with van der Waals surface area (Å²) >= 11 is 1.27. The molecule has 4 nitrogen and oxygen atoms in total. The summed E-state index contributed by atoms with van der Waals surface area (Å²) in [5.41, 5.74) is 1.12. The van der Waals surface area contributed by atoms with Crippen LogP contribution in [0.25, 0.3) is 10.2 Å². The number of hydrogen-bond donors (Lipinski definition) is 0. The van der Waals surface area contributed by atoms with Crippen molar-refractivity contribution in [1.29, 1.82) is 0 Å². The molecule has 0 radical (unpaired) electrons. The lowest BCUT2D eigenvalue weighted by Gasteiger charge is -2.05. The van der Waals surface area contributed by atoms with Crippen molar-refractivity contribution in [3.8, 4) is 5.75 Å². The number of fused-ring (bicyclic) bond motifs is 1. The lowest BCUT2D eigenvalue weighted by atomic mass is 10.2. The van der Waals surface area contributed by atoms with Crippen molar-refractivity contribution in [1.82, 2.24) is 4.57 Å². The molecule has 3 aromatic rings. The van der Waals surface area contributed by atoms with Crippen LogP contribution in [0, 0.1) is 18.6 Å². The highest BCUT2D eigenvalue weighted by atomic mass is 32.1. The quantitative estimate of drug-likeness (QED) is 0.710. The Balaban J connectivity index is 2.23. The van der Waals surface area contributed by atoms with Crippen molar-refractivity contribution in [2.45, 2.75) is 6.92 Å². The number of rotatable bonds is 2. The summed E-state index contributed by atoms with van der Waals surface area (Å²) in [6.07, 6.45) is 0. The second-order valence-corrected chi connectivity index (χ2v) is 6.20. The predicted molar refractivity (Wildman–Crippen MR) is 88.3 cm³/mol. The van der Waals surface area contributed by atoms with Gasteiger partial charge in [-0.1, -0.05) is 23.5 Å². The Morgan fingerprint density at radius 2 is 1.88 bits per heavy atom. The zero-order valence-corrected chi connectivity index (χ0v) is 14.1. The number of amides is 1. The number of nitrogens with zero attached hydrogens (tertiary/aromatic N) is 2. The average molecular weight is 348 g/mol. The van der Waals surface area contributed by atoms with E-state index in [9.17, 15) is 13.6 Å². The molecular weight excluding hydrogens is 334 g/mol. The van der Waals surface area contributed by atoms with E-state index in [-0.39, 0.29) is 0 Å². The zero-order chi connectivity index (χ0) is 17.4. The van der Waals surface area contributed by atoms with E-state index in [0.717, 1.165) is 27.9 Å². The van der Waals surface area contributed by atoms with E-state index in [1.165, 1.54) is 17.4 Å². The molecule has 0 aliphatic rings. The van der Waals surface area contributed by atoms with E-state index in [1.54, 1.807) is 18.7 Å². The van der Waals surface area contributed by atoms with Crippen LogP contribution in [0.5, 0.6) is 5.75 Å². The lowest BCUT2D eigenvalue weighted by Crippen LogP contribution is -2.15. The van der Waals surface area contributed by atoms with Gasteiger partial charge in [-0.15, -0.1) is 0 Å². The van der Waals surface area contributed by atoms with Gasteiger partial charge in [0.05, 0.1) is 11.8 Å². The Hall–Kier alpha value is -2.54. The highest BCUT2D eigenvalue weighted by molar-refractivity contribution is 7.16. The molecule has 1 heterocycles. The molecule has 3 rings (SSSR count). The first kappa shape index (κ1) is 16.3. The molecule has 2 aromatic carbocycles. The number of aryl methyl sites for hydroxylation is 2. The van der Waals surface area contributed by atoms with E-state index >= 15 is 0 Å². The molecule has 24 heavy (non-hydrogen) atoms. The number of ether oxygens (including phenoxy) is 1. The predicted octanol–water partition coefficient (Wildman–Crippen LogP) is 3.58. The van der Waals surface area contributed by atoms with Gasteiger partial charge in [-0.25, -0.2) is 8.78 Å². The van der Waals surface area contributed by atoms with Gasteiger partial charge < -0.3 is 9.30 Å². The number of halogens is 2. The summed E-state index contributed by atoms with van der Waals surface area (Å²) in [7, 11) is 3.28. The van der Waals surface area contributed by atoms with Crippen molar-refractivity contribution < 1.29 is 18.3 Å². The highest BCUT2D eigenvalue weighted by Gasteiger charge is 2.18. The van der Waals surface area contributed by atoms with Crippen molar-refractivity contribution in [2.75, 3.05) is 7.11 Å². The summed E-state index contributed by atoms with van der Waals surface area (Å²) in [5.74, 6) is -2.17. The minimum atomic E-state index is -0.954. The molecule has 0 aliphatic heterocycles. The van der Waals surface area contributed by atoms with Crippen molar-refractivity contribution in [2.24, 2.45) is 12.0 Å². The Morgan fingerprint density at radius 1 is 1.21 bits per heavy atom. The third-order valence-corrected chi connectivity index (χ3v) is 4.97. The number of aromatic nitrogens is 1. The largest absolute Gasteiger partial charge is 0.495 e. The van der Waals surface area contributed by atoms with Crippen molar-refractivity contribution in [3.05, 3.63) is 57.9 Å². The first-order valence-corrected chi connectivity index (χ1v) is 7.92. The minimum Gasteiger partial charge on any atom is -0.495 e. The standard InChI is InChI=1S/C17H14F2N2O2S/c1-9-7-8-12(23-3)14-15(9)24-17(21(14)2)20-16(22)13-10(18)5-4-6-11(13)19/h4-8H,1-3H3. The average Bonchev–Trinajstić information content (AvgIpc) is 2.86. The summed E-state index contributed by atoms with van der Waals surface area (Å²) in [5, 5.41) is 0. The fourth-order valence-corrected chi connectivity index (χ4v) is 3.57. The first-order chi connectivity index (χ1) is 11.4. The van der Waals surface area contributed by atoms with Crippen LogP contribution in [0.4, 0.5) is 8.78 Å². The van der Waals surface area contributed by atoms with Crippen LogP contribution in [-0.4, -0.2) is 17.6 Å². The molecule has 1 amide bonds. The highest BCUT2D eigenvalue weighted by Crippen LogP contribution is 2.29. The van der Waals surface area contributed by atoms with Crippen molar-refractivity contribution in [3.63, 3.8) is 0 Å². The van der Waals surface area contributed by atoms with Crippen LogP contribution in [-0.2, 0) is 7.05 Å². The maximum atomic E-state index is 13.7. The van der Waals surface area contributed by atoms with Crippen molar-refractivity contribution >= 4 is 27.5 Å². The molecule has 1 aromatic heterocycles. The molecule has 0 spiro atoms. The third-order valence-electron chi connectivity index (χ3n) is 3.70. The Labute approximate surface area is 140 Å². The second-order valence-electron chi connectivity index (χ2n) is 5.22. The number of carbonyl (C=O) groups is 1. The normalized spacial score (nSPS) is 12.0. The summed E-state index contributed by atoms with van der Waals surface area (Å²) in [6, 6.07) is 7.00. The Bertz CT molecular complexity index is 1000. The summed E-state index contributed by atoms with van der Waals surface area (Å²) < 4.78 is 35.4. The van der Waals surface area contributed by atoms with Gasteiger partial charge in [0, 0.05) is 7.05 Å². The number of hydrogen-bond acceptors (Lipinski definition) is 3. The minimum absolute atomic E-state index is 0.338. The molecule has 0 N–H and O–H groups in total. The number of methoxy groups -OCH3 is 1. The van der Waals surface area contributed by atoms with Gasteiger partial charge in [0.15, 0.2) is 4.80 Å². The number of carbonyl (C=O) groups excluding carboxylic acids is 1. The molecule has 0 aliphatic carbocycles. The van der Waals surface area contributed by atoms with Gasteiger partial charge in [-0.2, -0.15) is 4.99 Å². The van der Waals surface area contributed by atoms with Gasteiger partial charge in [-0.3, -0.25) is 4.79 Å². The molecule has 0 saturated carbocycles. The maximum Gasteiger partial charge on any atom is 0.285 e. The topological polar surface area (TPSA) is 43.6 Å². The third kappa shape index (κ3) is 2.60. The van der Waals surface area contributed by atoms with Crippen LogP contribution < -0.4 is 9.54 Å². The fraction of sp³-hybridized carbons (Fsp3) is 0.176. The van der Waals surface area contributed by atoms with Gasteiger partial charge in [0.25, 0.3) is 5.91 Å². The molecule has 0 saturated heterocycles. The molecule has 0 atom stereocenters. The van der Waals surface area contributed by atoms with Gasteiger partial charge in [0.2, 0.25) is 0 Å². The van der Waals surface area contributed by atoms with E-state index in [1.807, 2.05) is 19.1 Å². The molecule has 0 fully saturated rings. The lowest BCUT2D eigenvalue weighted by molar-refractivity contribution is 0.0990. The summed E-state index contributed by atoms with van der Waals surface area (Å²) in [6.45, 7) is 1.93. The van der Waals surface area contributed by atoms with Crippen LogP contribution in [0.15, 0.2) is 35.3 Å². The maximum absolute atomic E-state index is 13.7. The first-order valence-electron chi connectivity index (χ1n) is 7.10. The van der Waals surface area contributed by atoms with E-state index < -0.39 is 23.1 Å². The van der Waals surface area contributed by atoms with E-state index in [0.29, 0.717) is 10.6 Å². The Kier molecular flexibility index (Phi) is 4.19. The van der Waals surface area contributed by atoms with Gasteiger partial charge in [0.1, 0.15) is 28.5 Å². The van der Waals surface area contributed by atoms with Gasteiger partial charge in [-0.05, 0) is 30.7 Å². The molecule has 7 heteroatoms. The van der Waals surface area contributed by atoms with Crippen LogP contribution in [0.2, 0.25) is 0 Å². The Morgan fingerprint density at radius 3 is 2.50 bits per heavy atom. The fourth-order valence-electron chi connectivity index (χ4n) is 2.46. The molecule has 0 bridgehead atoms. The van der Waals surface area contributed by atoms with Crippen LogP contribution >= 0.6 is 11.3 Å². The van der Waals surface area contributed by atoms with E-state index in [4.69, 9.17) is 4.74 Å².